The maximum Gasteiger partial charge on any atom is 0.118 e. The van der Waals surface area contributed by atoms with Gasteiger partial charge in [-0.3, -0.25) is 4.98 Å². The van der Waals surface area contributed by atoms with Crippen molar-refractivity contribution in [3.63, 3.8) is 0 Å². The van der Waals surface area contributed by atoms with Crippen LogP contribution in [0.15, 0.2) is 79.1 Å². The van der Waals surface area contributed by atoms with Gasteiger partial charge < -0.3 is 4.74 Å². The second-order valence-corrected chi connectivity index (χ2v) is 5.30. The van der Waals surface area contributed by atoms with Crippen LogP contribution in [0.2, 0.25) is 0 Å². The van der Waals surface area contributed by atoms with E-state index in [-0.39, 0.29) is 0 Å². The van der Waals surface area contributed by atoms with Crippen molar-refractivity contribution in [3.05, 3.63) is 95.8 Å². The summed E-state index contributed by atoms with van der Waals surface area (Å²) in [5, 5.41) is 0. The highest BCUT2D eigenvalue weighted by Crippen LogP contribution is 2.29. The number of methoxy groups -OCH3 is 1. The number of aromatic nitrogens is 1. The molecule has 0 aliphatic rings. The molecule has 0 fully saturated rings. The molecule has 2 aromatic carbocycles. The summed E-state index contributed by atoms with van der Waals surface area (Å²) in [4.78, 5) is 4.10. The van der Waals surface area contributed by atoms with Crippen molar-refractivity contribution >= 4 is 0 Å². The van der Waals surface area contributed by atoms with Crippen LogP contribution in [0.25, 0.3) is 0 Å². The summed E-state index contributed by atoms with van der Waals surface area (Å²) in [7, 11) is 1.70. The van der Waals surface area contributed by atoms with Crippen molar-refractivity contribution in [2.75, 3.05) is 7.11 Å². The zero-order valence-electron chi connectivity index (χ0n) is 12.6. The van der Waals surface area contributed by atoms with Gasteiger partial charge in [-0.2, -0.15) is 0 Å². The van der Waals surface area contributed by atoms with Crippen LogP contribution in [0.4, 0.5) is 0 Å². The Bertz CT molecular complexity index is 693. The minimum atomic E-state index is 0.328. The van der Waals surface area contributed by atoms with Gasteiger partial charge in [0.1, 0.15) is 5.75 Å². The molecule has 2 heteroatoms. The lowest BCUT2D eigenvalue weighted by Crippen LogP contribution is -2.05. The van der Waals surface area contributed by atoms with Crippen LogP contribution in [0.1, 0.15) is 22.6 Å². The molecule has 2 nitrogen and oxygen atoms in total. The molecule has 3 rings (SSSR count). The summed E-state index contributed by atoms with van der Waals surface area (Å²) in [6.07, 6.45) is 4.66. The normalized spacial score (nSPS) is 11.9. The van der Waals surface area contributed by atoms with Gasteiger partial charge in [-0.1, -0.05) is 42.5 Å². The van der Waals surface area contributed by atoms with E-state index in [1.54, 1.807) is 7.11 Å². The molecular formula is C20H19NO. The first kappa shape index (κ1) is 14.3. The fourth-order valence-electron chi connectivity index (χ4n) is 2.70. The standard InChI is InChI=1S/C20H19NO/c1-22-19-9-7-18(8-10-19)20(17-5-3-2-4-6-17)15-16-11-13-21-14-12-16/h2-14,20H,15H2,1H3. The van der Waals surface area contributed by atoms with E-state index in [0.717, 1.165) is 12.2 Å². The van der Waals surface area contributed by atoms with Crippen LogP contribution in [-0.2, 0) is 6.42 Å². The molecule has 3 aromatic rings. The van der Waals surface area contributed by atoms with Gasteiger partial charge in [-0.15, -0.1) is 0 Å². The number of pyridine rings is 1. The topological polar surface area (TPSA) is 22.1 Å². The SMILES string of the molecule is COc1ccc(C(Cc2ccncc2)c2ccccc2)cc1. The van der Waals surface area contributed by atoms with Gasteiger partial charge >= 0.3 is 0 Å². The van der Waals surface area contributed by atoms with Crippen LogP contribution >= 0.6 is 0 Å². The zero-order valence-corrected chi connectivity index (χ0v) is 12.6. The van der Waals surface area contributed by atoms with Crippen molar-refractivity contribution in [1.29, 1.82) is 0 Å². The molecule has 1 atom stereocenters. The van der Waals surface area contributed by atoms with Gasteiger partial charge in [0.25, 0.3) is 0 Å². The molecule has 0 saturated carbocycles. The summed E-state index contributed by atoms with van der Waals surface area (Å²) >= 11 is 0. The molecule has 0 amide bonds. The first-order valence-electron chi connectivity index (χ1n) is 7.44. The minimum absolute atomic E-state index is 0.328. The highest BCUT2D eigenvalue weighted by atomic mass is 16.5. The van der Waals surface area contributed by atoms with Crippen LogP contribution < -0.4 is 4.74 Å². The number of nitrogens with zero attached hydrogens (tertiary/aromatic N) is 1. The second kappa shape index (κ2) is 6.90. The average Bonchev–Trinajstić information content (AvgIpc) is 2.61. The Morgan fingerprint density at radius 3 is 2.09 bits per heavy atom. The molecule has 0 saturated heterocycles. The molecular weight excluding hydrogens is 270 g/mol. The Kier molecular flexibility index (Phi) is 4.50. The van der Waals surface area contributed by atoms with Crippen molar-refractivity contribution in [1.82, 2.24) is 4.98 Å². The third-order valence-electron chi connectivity index (χ3n) is 3.91. The smallest absolute Gasteiger partial charge is 0.118 e. The molecule has 1 aromatic heterocycles. The summed E-state index contributed by atoms with van der Waals surface area (Å²) in [6, 6.07) is 23.1. The molecule has 0 bridgehead atoms. The van der Waals surface area contributed by atoms with Gasteiger partial charge in [-0.25, -0.2) is 0 Å². The van der Waals surface area contributed by atoms with Crippen molar-refractivity contribution < 1.29 is 4.74 Å². The van der Waals surface area contributed by atoms with E-state index >= 15 is 0 Å². The molecule has 110 valence electrons. The Hall–Kier alpha value is -2.61. The highest BCUT2D eigenvalue weighted by molar-refractivity contribution is 5.37. The fourth-order valence-corrected chi connectivity index (χ4v) is 2.70. The Morgan fingerprint density at radius 1 is 0.818 bits per heavy atom. The number of ether oxygens (including phenoxy) is 1. The highest BCUT2D eigenvalue weighted by Gasteiger charge is 2.15. The van der Waals surface area contributed by atoms with E-state index in [2.05, 4.69) is 59.6 Å². The molecule has 22 heavy (non-hydrogen) atoms. The van der Waals surface area contributed by atoms with E-state index in [9.17, 15) is 0 Å². The molecule has 0 aliphatic carbocycles. The van der Waals surface area contributed by atoms with Crippen molar-refractivity contribution in [2.24, 2.45) is 0 Å². The maximum atomic E-state index is 5.26. The summed E-state index contributed by atoms with van der Waals surface area (Å²) in [5.41, 5.74) is 3.91. The molecule has 0 N–H and O–H groups in total. The minimum Gasteiger partial charge on any atom is -0.497 e. The molecule has 1 unspecified atom stereocenters. The Labute approximate surface area is 131 Å². The first-order chi connectivity index (χ1) is 10.9. The molecule has 0 spiro atoms. The summed E-state index contributed by atoms with van der Waals surface area (Å²) in [5.74, 6) is 1.22. The number of hydrogen-bond donors (Lipinski definition) is 0. The van der Waals surface area contributed by atoms with E-state index in [0.29, 0.717) is 5.92 Å². The van der Waals surface area contributed by atoms with E-state index in [4.69, 9.17) is 4.74 Å². The monoisotopic (exact) mass is 289 g/mol. The van der Waals surface area contributed by atoms with Crippen LogP contribution in [-0.4, -0.2) is 12.1 Å². The largest absolute Gasteiger partial charge is 0.497 e. The molecule has 0 aliphatic heterocycles. The average molecular weight is 289 g/mol. The lowest BCUT2D eigenvalue weighted by molar-refractivity contribution is 0.414. The van der Waals surface area contributed by atoms with Gasteiger partial charge in [0.2, 0.25) is 0 Å². The van der Waals surface area contributed by atoms with Gasteiger partial charge in [-0.05, 0) is 47.4 Å². The van der Waals surface area contributed by atoms with Crippen LogP contribution in [0.5, 0.6) is 5.75 Å². The van der Waals surface area contributed by atoms with E-state index < -0.39 is 0 Å². The number of hydrogen-bond acceptors (Lipinski definition) is 2. The van der Waals surface area contributed by atoms with Crippen molar-refractivity contribution in [2.45, 2.75) is 12.3 Å². The van der Waals surface area contributed by atoms with Gasteiger partial charge in [0, 0.05) is 18.3 Å². The predicted molar refractivity (Wildman–Crippen MR) is 89.2 cm³/mol. The third-order valence-corrected chi connectivity index (χ3v) is 3.91. The summed E-state index contributed by atoms with van der Waals surface area (Å²) in [6.45, 7) is 0. The lowest BCUT2D eigenvalue weighted by atomic mass is 9.86. The van der Waals surface area contributed by atoms with E-state index in [1.807, 2.05) is 24.5 Å². The van der Waals surface area contributed by atoms with Crippen LogP contribution in [0, 0.1) is 0 Å². The van der Waals surface area contributed by atoms with Crippen LogP contribution in [0.3, 0.4) is 0 Å². The van der Waals surface area contributed by atoms with Gasteiger partial charge in [0.15, 0.2) is 0 Å². The molecule has 0 radical (unpaired) electrons. The summed E-state index contributed by atoms with van der Waals surface area (Å²) < 4.78 is 5.26. The Balaban J connectivity index is 1.95. The maximum absolute atomic E-state index is 5.26. The predicted octanol–water partition coefficient (Wildman–Crippen LogP) is 4.46. The number of rotatable bonds is 5. The second-order valence-electron chi connectivity index (χ2n) is 5.30. The van der Waals surface area contributed by atoms with E-state index in [1.165, 1.54) is 16.7 Å². The molecule has 1 heterocycles. The Morgan fingerprint density at radius 2 is 1.45 bits per heavy atom. The van der Waals surface area contributed by atoms with Gasteiger partial charge in [0.05, 0.1) is 7.11 Å². The third kappa shape index (κ3) is 3.34. The zero-order chi connectivity index (χ0) is 15.2. The lowest BCUT2D eigenvalue weighted by Gasteiger charge is -2.18. The first-order valence-corrected chi connectivity index (χ1v) is 7.44. The number of benzene rings is 2. The fraction of sp³-hybridized carbons (Fsp3) is 0.150. The quantitative estimate of drug-likeness (QED) is 0.691. The van der Waals surface area contributed by atoms with Crippen molar-refractivity contribution in [3.8, 4) is 5.75 Å².